The molecule has 1 aromatic carbocycles. The van der Waals surface area contributed by atoms with Gasteiger partial charge in [0.2, 0.25) is 5.95 Å². The Morgan fingerprint density at radius 2 is 2.00 bits per heavy atom. The molecule has 1 heterocycles. The van der Waals surface area contributed by atoms with Crippen molar-refractivity contribution >= 4 is 5.95 Å². The molecule has 96 valence electrons. The van der Waals surface area contributed by atoms with Crippen LogP contribution in [-0.4, -0.2) is 21.3 Å². The summed E-state index contributed by atoms with van der Waals surface area (Å²) in [6.45, 7) is 5.15. The Hall–Kier alpha value is -1.98. The number of hydrogen-bond acceptors (Lipinski definition) is 3. The van der Waals surface area contributed by atoms with E-state index in [0.717, 1.165) is 6.07 Å². The number of halogens is 2. The first-order valence-electron chi connectivity index (χ1n) is 5.79. The van der Waals surface area contributed by atoms with Gasteiger partial charge in [-0.2, -0.15) is 0 Å². The van der Waals surface area contributed by atoms with Gasteiger partial charge in [-0.1, -0.05) is 0 Å². The van der Waals surface area contributed by atoms with Crippen molar-refractivity contribution in [2.45, 2.75) is 20.4 Å². The molecule has 1 N–H and O–H groups in total. The average molecular weight is 252 g/mol. The molecule has 0 atom stereocenters. The molecule has 0 saturated carbocycles. The van der Waals surface area contributed by atoms with Gasteiger partial charge in [0.25, 0.3) is 0 Å². The van der Waals surface area contributed by atoms with E-state index in [0.29, 0.717) is 24.9 Å². The summed E-state index contributed by atoms with van der Waals surface area (Å²) < 4.78 is 28.3. The zero-order valence-corrected chi connectivity index (χ0v) is 10.2. The van der Waals surface area contributed by atoms with Crippen LogP contribution in [0.2, 0.25) is 0 Å². The summed E-state index contributed by atoms with van der Waals surface area (Å²) in [5, 5.41) is 11.0. The minimum absolute atomic E-state index is 0.245. The molecule has 0 saturated heterocycles. The maximum Gasteiger partial charge on any atom is 0.224 e. The molecular formula is C12H14F2N4. The number of nitrogens with zero attached hydrogens (tertiary/aromatic N) is 3. The van der Waals surface area contributed by atoms with E-state index in [1.165, 1.54) is 12.1 Å². The van der Waals surface area contributed by atoms with Crippen LogP contribution < -0.4 is 5.32 Å². The van der Waals surface area contributed by atoms with Crippen molar-refractivity contribution < 1.29 is 8.78 Å². The molecule has 0 fully saturated rings. The Morgan fingerprint density at radius 1 is 1.22 bits per heavy atom. The van der Waals surface area contributed by atoms with Crippen LogP contribution in [0.5, 0.6) is 0 Å². The van der Waals surface area contributed by atoms with Crippen LogP contribution in [0.1, 0.15) is 13.8 Å². The maximum atomic E-state index is 13.7. The fourth-order valence-electron chi connectivity index (χ4n) is 1.76. The van der Waals surface area contributed by atoms with Gasteiger partial charge in [0, 0.05) is 19.2 Å². The number of hydrogen-bond donors (Lipinski definition) is 1. The smallest absolute Gasteiger partial charge is 0.224 e. The summed E-state index contributed by atoms with van der Waals surface area (Å²) in [4.78, 5) is 0. The molecule has 2 aromatic rings. The van der Waals surface area contributed by atoms with Gasteiger partial charge in [0.05, 0.1) is 5.56 Å². The monoisotopic (exact) mass is 252 g/mol. The minimum atomic E-state index is -0.639. The molecule has 0 radical (unpaired) electrons. The fourth-order valence-corrected chi connectivity index (χ4v) is 1.76. The van der Waals surface area contributed by atoms with Crippen molar-refractivity contribution in [1.82, 2.24) is 14.8 Å². The lowest BCUT2D eigenvalue weighted by atomic mass is 10.2. The normalized spacial score (nSPS) is 10.7. The minimum Gasteiger partial charge on any atom is -0.355 e. The van der Waals surface area contributed by atoms with Gasteiger partial charge in [0.1, 0.15) is 11.6 Å². The highest BCUT2D eigenvalue weighted by atomic mass is 19.1. The van der Waals surface area contributed by atoms with Gasteiger partial charge < -0.3 is 5.32 Å². The van der Waals surface area contributed by atoms with Crippen LogP contribution in [0.4, 0.5) is 14.7 Å². The standard InChI is InChI=1S/C12H14F2N4/c1-3-15-12-17-16-11(18(12)4-2)9-6-5-8(13)7-10(9)14/h5-7H,3-4H2,1-2H3,(H,15,17). The van der Waals surface area contributed by atoms with Crippen molar-refractivity contribution in [2.75, 3.05) is 11.9 Å². The Morgan fingerprint density at radius 3 is 2.61 bits per heavy atom. The molecule has 0 bridgehead atoms. The van der Waals surface area contributed by atoms with Gasteiger partial charge in [-0.25, -0.2) is 8.78 Å². The highest BCUT2D eigenvalue weighted by Crippen LogP contribution is 2.24. The van der Waals surface area contributed by atoms with E-state index in [4.69, 9.17) is 0 Å². The Bertz CT molecular complexity index is 551. The number of anilines is 1. The second kappa shape index (κ2) is 5.12. The predicted octanol–water partition coefficient (Wildman–Crippen LogP) is 2.68. The molecule has 0 aliphatic heterocycles. The lowest BCUT2D eigenvalue weighted by Crippen LogP contribution is -2.07. The summed E-state index contributed by atoms with van der Waals surface area (Å²) in [6.07, 6.45) is 0. The van der Waals surface area contributed by atoms with Gasteiger partial charge in [-0.3, -0.25) is 4.57 Å². The molecule has 18 heavy (non-hydrogen) atoms. The van der Waals surface area contributed by atoms with Crippen molar-refractivity contribution in [3.05, 3.63) is 29.8 Å². The quantitative estimate of drug-likeness (QED) is 0.909. The van der Waals surface area contributed by atoms with Gasteiger partial charge in [-0.15, -0.1) is 10.2 Å². The summed E-state index contributed by atoms with van der Waals surface area (Å²) in [6, 6.07) is 3.42. The summed E-state index contributed by atoms with van der Waals surface area (Å²) in [7, 11) is 0. The van der Waals surface area contributed by atoms with Crippen molar-refractivity contribution in [3.63, 3.8) is 0 Å². The third kappa shape index (κ3) is 2.18. The second-order valence-electron chi connectivity index (χ2n) is 3.75. The highest BCUT2D eigenvalue weighted by molar-refractivity contribution is 5.58. The Balaban J connectivity index is 2.50. The zero-order chi connectivity index (χ0) is 13.1. The van der Waals surface area contributed by atoms with Gasteiger partial charge in [-0.05, 0) is 26.0 Å². The van der Waals surface area contributed by atoms with Crippen LogP contribution in [0.25, 0.3) is 11.4 Å². The molecule has 0 amide bonds. The first-order chi connectivity index (χ1) is 8.67. The Labute approximate surface area is 104 Å². The summed E-state index contributed by atoms with van der Waals surface area (Å²) in [5.41, 5.74) is 0.245. The van der Waals surface area contributed by atoms with E-state index in [1.807, 2.05) is 13.8 Å². The van der Waals surface area contributed by atoms with E-state index in [1.54, 1.807) is 4.57 Å². The van der Waals surface area contributed by atoms with E-state index >= 15 is 0 Å². The van der Waals surface area contributed by atoms with E-state index in [-0.39, 0.29) is 5.56 Å². The van der Waals surface area contributed by atoms with E-state index in [2.05, 4.69) is 15.5 Å². The van der Waals surface area contributed by atoms with Crippen LogP contribution >= 0.6 is 0 Å². The molecule has 6 heteroatoms. The maximum absolute atomic E-state index is 13.7. The lowest BCUT2D eigenvalue weighted by molar-refractivity contribution is 0.583. The third-order valence-corrected chi connectivity index (χ3v) is 2.57. The fraction of sp³-hybridized carbons (Fsp3) is 0.333. The molecular weight excluding hydrogens is 238 g/mol. The Kier molecular flexibility index (Phi) is 3.55. The molecule has 0 aliphatic rings. The van der Waals surface area contributed by atoms with Crippen LogP contribution in [0.15, 0.2) is 18.2 Å². The van der Waals surface area contributed by atoms with Crippen molar-refractivity contribution in [3.8, 4) is 11.4 Å². The van der Waals surface area contributed by atoms with Gasteiger partial charge >= 0.3 is 0 Å². The number of rotatable bonds is 4. The molecule has 1 aromatic heterocycles. The number of aromatic nitrogens is 3. The topological polar surface area (TPSA) is 42.7 Å². The second-order valence-corrected chi connectivity index (χ2v) is 3.75. The third-order valence-electron chi connectivity index (χ3n) is 2.57. The van der Waals surface area contributed by atoms with Gasteiger partial charge in [0.15, 0.2) is 5.82 Å². The van der Waals surface area contributed by atoms with Crippen LogP contribution in [0, 0.1) is 11.6 Å². The summed E-state index contributed by atoms with van der Waals surface area (Å²) in [5.74, 6) is -0.268. The van der Waals surface area contributed by atoms with Crippen molar-refractivity contribution in [2.24, 2.45) is 0 Å². The average Bonchev–Trinajstić information content (AvgIpc) is 2.72. The zero-order valence-electron chi connectivity index (χ0n) is 10.2. The largest absolute Gasteiger partial charge is 0.355 e. The number of nitrogens with one attached hydrogen (secondary N) is 1. The highest BCUT2D eigenvalue weighted by Gasteiger charge is 2.15. The molecule has 0 spiro atoms. The SMILES string of the molecule is CCNc1nnc(-c2ccc(F)cc2F)n1CC. The number of benzene rings is 1. The van der Waals surface area contributed by atoms with Crippen LogP contribution in [-0.2, 0) is 6.54 Å². The molecule has 0 unspecified atom stereocenters. The molecule has 0 aliphatic carbocycles. The first-order valence-corrected chi connectivity index (χ1v) is 5.79. The van der Waals surface area contributed by atoms with E-state index in [9.17, 15) is 8.78 Å². The first kappa shape index (κ1) is 12.5. The van der Waals surface area contributed by atoms with Crippen molar-refractivity contribution in [1.29, 1.82) is 0 Å². The predicted molar refractivity (Wildman–Crippen MR) is 65.2 cm³/mol. The summed E-state index contributed by atoms with van der Waals surface area (Å²) >= 11 is 0. The lowest BCUT2D eigenvalue weighted by Gasteiger charge is -2.08. The van der Waals surface area contributed by atoms with E-state index < -0.39 is 11.6 Å². The molecule has 2 rings (SSSR count). The van der Waals surface area contributed by atoms with Crippen LogP contribution in [0.3, 0.4) is 0 Å². The molecule has 4 nitrogen and oxygen atoms in total.